The second kappa shape index (κ2) is 7.58. The molecule has 0 fully saturated rings. The molecule has 1 heteroatoms. The van der Waals surface area contributed by atoms with Gasteiger partial charge in [-0.1, -0.05) is 54.0 Å². The number of pyridine rings is 1. The first-order valence-electron chi connectivity index (χ1n) is 8.75. The lowest BCUT2D eigenvalue weighted by Gasteiger charge is -2.07. The van der Waals surface area contributed by atoms with Crippen molar-refractivity contribution in [3.05, 3.63) is 65.5 Å². The van der Waals surface area contributed by atoms with Crippen LogP contribution in [0.1, 0.15) is 58.2 Å². The van der Waals surface area contributed by atoms with Gasteiger partial charge in [0.1, 0.15) is 0 Å². The summed E-state index contributed by atoms with van der Waals surface area (Å²) in [5.41, 5.74) is 3.25. The maximum absolute atomic E-state index is 3.32. The highest BCUT2D eigenvalue weighted by atomic mass is 14.9. The third kappa shape index (κ3) is 7.28. The Morgan fingerprint density at radius 3 is 1.68 bits per heavy atom. The minimum absolute atomic E-state index is 0.0165. The molecule has 0 N–H and O–H groups in total. The summed E-state index contributed by atoms with van der Waals surface area (Å²) in [4.78, 5) is 0. The fourth-order valence-electron chi connectivity index (χ4n) is 2.18. The number of hydrogen-bond acceptors (Lipinski definition) is 0. The van der Waals surface area contributed by atoms with Gasteiger partial charge in [-0.15, -0.1) is 0 Å². The van der Waals surface area contributed by atoms with Gasteiger partial charge in [-0.3, -0.25) is 0 Å². The minimum atomic E-state index is -0.0165. The molecule has 2 aromatic rings. The van der Waals surface area contributed by atoms with E-state index in [-0.39, 0.29) is 10.8 Å². The van der Waals surface area contributed by atoms with E-state index in [0.717, 1.165) is 17.7 Å². The molecule has 0 amide bonds. The fourth-order valence-corrected chi connectivity index (χ4v) is 2.18. The number of hydrogen-bond donors (Lipinski definition) is 0. The Kier molecular flexibility index (Phi) is 5.71. The summed E-state index contributed by atoms with van der Waals surface area (Å²) in [6.07, 6.45) is 4.21. The van der Waals surface area contributed by atoms with Crippen LogP contribution < -0.4 is 4.57 Å². The lowest BCUT2D eigenvalue weighted by molar-refractivity contribution is -0.688. The van der Waals surface area contributed by atoms with Crippen LogP contribution in [0.15, 0.2) is 48.8 Å². The van der Waals surface area contributed by atoms with Gasteiger partial charge in [-0.05, 0) is 47.6 Å². The maximum atomic E-state index is 3.32. The van der Waals surface area contributed by atoms with Crippen LogP contribution in [0.5, 0.6) is 0 Å². The van der Waals surface area contributed by atoms with Crippen LogP contribution in [0.2, 0.25) is 0 Å². The van der Waals surface area contributed by atoms with E-state index in [1.54, 1.807) is 0 Å². The average molecular weight is 330 g/mol. The van der Waals surface area contributed by atoms with E-state index in [1.807, 2.05) is 6.07 Å². The van der Waals surface area contributed by atoms with E-state index < -0.39 is 0 Å². The van der Waals surface area contributed by atoms with Crippen LogP contribution >= 0.6 is 0 Å². The highest BCUT2D eigenvalue weighted by molar-refractivity contribution is 5.40. The first-order valence-corrected chi connectivity index (χ1v) is 8.75. The molecule has 0 spiro atoms. The maximum Gasteiger partial charge on any atom is 0.184 e. The topological polar surface area (TPSA) is 3.88 Å². The molecule has 1 heterocycles. The first kappa shape index (κ1) is 18.8. The van der Waals surface area contributed by atoms with Crippen molar-refractivity contribution in [2.75, 3.05) is 0 Å². The molecule has 0 bridgehead atoms. The predicted octanol–water partition coefficient (Wildman–Crippen LogP) is 4.82. The summed E-state index contributed by atoms with van der Waals surface area (Å²) in [5, 5.41) is 0. The van der Waals surface area contributed by atoms with Crippen molar-refractivity contribution in [1.29, 1.82) is 0 Å². The van der Waals surface area contributed by atoms with Crippen LogP contribution in [-0.4, -0.2) is 0 Å². The zero-order valence-electron chi connectivity index (χ0n) is 16.3. The molecule has 0 atom stereocenters. The van der Waals surface area contributed by atoms with Crippen molar-refractivity contribution >= 4 is 0 Å². The van der Waals surface area contributed by atoms with Gasteiger partial charge in [0, 0.05) is 16.4 Å². The Labute approximate surface area is 153 Å². The van der Waals surface area contributed by atoms with Gasteiger partial charge in [0.2, 0.25) is 0 Å². The predicted molar refractivity (Wildman–Crippen MR) is 105 cm³/mol. The zero-order chi connectivity index (χ0) is 18.5. The summed E-state index contributed by atoms with van der Waals surface area (Å²) < 4.78 is 2.18. The first-order chi connectivity index (χ1) is 11.6. The lowest BCUT2D eigenvalue weighted by Crippen LogP contribution is -2.34. The molecule has 0 saturated carbocycles. The third-order valence-electron chi connectivity index (χ3n) is 3.29. The highest BCUT2D eigenvalue weighted by Gasteiger charge is 2.09. The molecule has 1 aromatic heterocycles. The molecule has 0 radical (unpaired) electrons. The smallest absolute Gasteiger partial charge is 0.184 e. The van der Waals surface area contributed by atoms with Crippen LogP contribution in [0, 0.1) is 34.5 Å². The summed E-state index contributed by atoms with van der Waals surface area (Å²) >= 11 is 0. The number of aromatic nitrogens is 1. The van der Waals surface area contributed by atoms with Crippen molar-refractivity contribution in [1.82, 2.24) is 0 Å². The molecule has 0 aliphatic carbocycles. The van der Waals surface area contributed by atoms with Crippen molar-refractivity contribution in [3.8, 4) is 23.7 Å². The largest absolute Gasteiger partial charge is 0.198 e. The van der Waals surface area contributed by atoms with Crippen molar-refractivity contribution < 1.29 is 4.57 Å². The highest BCUT2D eigenvalue weighted by Crippen LogP contribution is 2.12. The molecule has 0 aliphatic rings. The minimum Gasteiger partial charge on any atom is -0.198 e. The van der Waals surface area contributed by atoms with E-state index in [4.69, 9.17) is 0 Å². The summed E-state index contributed by atoms with van der Waals surface area (Å²) in [7, 11) is 0. The molecular weight excluding hydrogens is 302 g/mol. The van der Waals surface area contributed by atoms with Gasteiger partial charge < -0.3 is 0 Å². The van der Waals surface area contributed by atoms with Gasteiger partial charge in [0.25, 0.3) is 0 Å². The van der Waals surface area contributed by atoms with Crippen LogP contribution in [0.3, 0.4) is 0 Å². The van der Waals surface area contributed by atoms with Gasteiger partial charge >= 0.3 is 0 Å². The third-order valence-corrected chi connectivity index (χ3v) is 3.29. The Morgan fingerprint density at radius 1 is 0.760 bits per heavy atom. The van der Waals surface area contributed by atoms with Crippen LogP contribution in [0.4, 0.5) is 0 Å². The van der Waals surface area contributed by atoms with Crippen molar-refractivity contribution in [2.45, 2.75) is 48.1 Å². The Bertz CT molecular complexity index is 788. The molecule has 1 nitrogen and oxygen atoms in total. The van der Waals surface area contributed by atoms with Crippen LogP contribution in [-0.2, 0) is 6.54 Å². The van der Waals surface area contributed by atoms with E-state index in [0.29, 0.717) is 0 Å². The van der Waals surface area contributed by atoms with Crippen LogP contribution in [0.25, 0.3) is 0 Å². The second-order valence-electron chi connectivity index (χ2n) is 8.47. The Hall–Kier alpha value is -2.51. The molecule has 0 saturated heterocycles. The number of nitrogens with zero attached hydrogens (tertiary/aromatic N) is 1. The van der Waals surface area contributed by atoms with E-state index in [2.05, 4.69) is 113 Å². The van der Waals surface area contributed by atoms with Crippen molar-refractivity contribution in [3.63, 3.8) is 0 Å². The van der Waals surface area contributed by atoms with E-state index >= 15 is 0 Å². The van der Waals surface area contributed by atoms with Gasteiger partial charge in [0.15, 0.2) is 18.9 Å². The molecule has 128 valence electrons. The van der Waals surface area contributed by atoms with E-state index in [9.17, 15) is 0 Å². The molecular formula is C24H28N+. The van der Waals surface area contributed by atoms with Gasteiger partial charge in [0.05, 0.1) is 11.1 Å². The van der Waals surface area contributed by atoms with Crippen molar-refractivity contribution in [2.24, 2.45) is 10.8 Å². The SMILES string of the molecule is CC(C)(C)C#Cc1cc(C#CC(C)(C)C)c[n+](Cc2ccccc2)c1. The normalized spacial score (nSPS) is 11.1. The zero-order valence-corrected chi connectivity index (χ0v) is 16.3. The molecule has 25 heavy (non-hydrogen) atoms. The van der Waals surface area contributed by atoms with Gasteiger partial charge in [-0.25, -0.2) is 0 Å². The summed E-state index contributed by atoms with van der Waals surface area (Å²) in [6.45, 7) is 13.6. The molecule has 2 rings (SSSR count). The van der Waals surface area contributed by atoms with Gasteiger partial charge in [-0.2, -0.15) is 4.57 Å². The molecule has 1 aromatic carbocycles. The molecule has 0 unspecified atom stereocenters. The molecule has 0 aliphatic heterocycles. The Morgan fingerprint density at radius 2 is 1.24 bits per heavy atom. The lowest BCUT2D eigenvalue weighted by atomic mass is 9.97. The Balaban J connectivity index is 2.43. The summed E-state index contributed by atoms with van der Waals surface area (Å²) in [5.74, 6) is 13.3. The summed E-state index contributed by atoms with van der Waals surface area (Å²) in [6, 6.07) is 12.5. The monoisotopic (exact) mass is 330 g/mol. The fraction of sp³-hybridized carbons (Fsp3) is 0.375. The average Bonchev–Trinajstić information content (AvgIpc) is 2.51. The second-order valence-corrected chi connectivity index (χ2v) is 8.47. The van der Waals surface area contributed by atoms with E-state index in [1.165, 1.54) is 5.56 Å². The standard InChI is InChI=1S/C24H28N/c1-23(2,3)14-12-21-16-22(13-15-24(4,5)6)19-25(18-21)17-20-10-8-7-9-11-20/h7-11,16,18-19H,17H2,1-6H3/q+1. The quantitative estimate of drug-likeness (QED) is 0.549. The number of rotatable bonds is 2. The number of benzene rings is 1.